The smallest absolute Gasteiger partial charge is 0.123 e. The van der Waals surface area contributed by atoms with Crippen molar-refractivity contribution in [1.82, 2.24) is 0 Å². The van der Waals surface area contributed by atoms with Crippen molar-refractivity contribution in [3.8, 4) is 11.1 Å². The number of benzene rings is 2. The average Bonchev–Trinajstić information content (AvgIpc) is 2.48. The molecule has 1 aliphatic heterocycles. The van der Waals surface area contributed by atoms with Crippen molar-refractivity contribution in [2.24, 2.45) is 0 Å². The van der Waals surface area contributed by atoms with Crippen LogP contribution in [-0.2, 0) is 11.3 Å². The summed E-state index contributed by atoms with van der Waals surface area (Å²) in [5.74, 6) is -0.239. The maximum absolute atomic E-state index is 13.4. The first kappa shape index (κ1) is 11.0. The molecule has 0 fully saturated rings. The molecule has 1 nitrogen and oxygen atoms in total. The molecule has 0 saturated carbocycles. The van der Waals surface area contributed by atoms with Gasteiger partial charge in [0.1, 0.15) is 24.0 Å². The third-order valence-electron chi connectivity index (χ3n) is 3.05. The van der Waals surface area contributed by atoms with Crippen molar-refractivity contribution >= 4 is 5.76 Å². The summed E-state index contributed by atoms with van der Waals surface area (Å²) in [4.78, 5) is 0. The van der Waals surface area contributed by atoms with E-state index in [9.17, 15) is 8.78 Å². The van der Waals surface area contributed by atoms with E-state index in [-0.39, 0.29) is 11.6 Å². The molecule has 0 spiro atoms. The van der Waals surface area contributed by atoms with Gasteiger partial charge in [0.25, 0.3) is 0 Å². The number of rotatable bonds is 0. The highest BCUT2D eigenvalue weighted by Gasteiger charge is 2.18. The molecule has 0 atom stereocenters. The van der Waals surface area contributed by atoms with Gasteiger partial charge in [-0.1, -0.05) is 12.6 Å². The second-order valence-electron chi connectivity index (χ2n) is 4.20. The van der Waals surface area contributed by atoms with Crippen LogP contribution < -0.4 is 0 Å². The standard InChI is InChI=1S/C15H10F2O/c1-9-13-5-4-12(17)7-15(13)14-6-11(16)3-2-10(14)8-18-9/h2-7H,1,8H2. The minimum Gasteiger partial charge on any atom is -0.489 e. The normalized spacial score (nSPS) is 13.3. The molecule has 0 unspecified atom stereocenters. The lowest BCUT2D eigenvalue weighted by Gasteiger charge is -2.08. The van der Waals surface area contributed by atoms with Crippen LogP contribution in [0.25, 0.3) is 16.9 Å². The van der Waals surface area contributed by atoms with Crippen LogP contribution in [0.4, 0.5) is 8.78 Å². The Morgan fingerprint density at radius 1 is 0.889 bits per heavy atom. The molecule has 0 aromatic heterocycles. The third kappa shape index (κ3) is 1.68. The van der Waals surface area contributed by atoms with E-state index in [1.54, 1.807) is 12.1 Å². The summed E-state index contributed by atoms with van der Waals surface area (Å²) in [6.07, 6.45) is 0. The molecule has 0 N–H and O–H groups in total. The van der Waals surface area contributed by atoms with Crippen molar-refractivity contribution in [3.05, 3.63) is 65.7 Å². The molecule has 0 bridgehead atoms. The maximum atomic E-state index is 13.4. The predicted molar refractivity (Wildman–Crippen MR) is 65.6 cm³/mol. The molecule has 0 aliphatic carbocycles. The molecule has 1 heterocycles. The van der Waals surface area contributed by atoms with Crippen LogP contribution in [0, 0.1) is 11.6 Å². The molecular formula is C15H10F2O. The van der Waals surface area contributed by atoms with Gasteiger partial charge >= 0.3 is 0 Å². The zero-order valence-electron chi connectivity index (χ0n) is 9.54. The van der Waals surface area contributed by atoms with E-state index < -0.39 is 0 Å². The van der Waals surface area contributed by atoms with Crippen LogP contribution in [-0.4, -0.2) is 0 Å². The van der Waals surface area contributed by atoms with E-state index in [2.05, 4.69) is 6.58 Å². The summed E-state index contributed by atoms with van der Waals surface area (Å²) in [6.45, 7) is 4.12. The minimum absolute atomic E-state index is 0.310. The van der Waals surface area contributed by atoms with Crippen molar-refractivity contribution in [3.63, 3.8) is 0 Å². The van der Waals surface area contributed by atoms with E-state index in [1.807, 2.05) is 0 Å². The van der Waals surface area contributed by atoms with Crippen molar-refractivity contribution in [2.45, 2.75) is 6.61 Å². The lowest BCUT2D eigenvalue weighted by atomic mass is 9.96. The van der Waals surface area contributed by atoms with Gasteiger partial charge in [0, 0.05) is 5.56 Å². The zero-order chi connectivity index (χ0) is 12.7. The predicted octanol–water partition coefficient (Wildman–Crippen LogP) is 4.13. The van der Waals surface area contributed by atoms with Crippen LogP contribution in [0.3, 0.4) is 0 Å². The topological polar surface area (TPSA) is 9.23 Å². The van der Waals surface area contributed by atoms with Crippen LogP contribution in [0.2, 0.25) is 0 Å². The van der Waals surface area contributed by atoms with Crippen molar-refractivity contribution in [1.29, 1.82) is 0 Å². The molecule has 2 aromatic carbocycles. The molecule has 0 amide bonds. The Bertz CT molecular complexity index is 647. The summed E-state index contributed by atoms with van der Waals surface area (Å²) in [6, 6.07) is 8.75. The first-order valence-corrected chi connectivity index (χ1v) is 5.55. The zero-order valence-corrected chi connectivity index (χ0v) is 9.54. The fourth-order valence-electron chi connectivity index (χ4n) is 2.15. The number of halogens is 2. The number of fused-ring (bicyclic) bond motifs is 3. The second kappa shape index (κ2) is 3.95. The fourth-order valence-corrected chi connectivity index (χ4v) is 2.15. The van der Waals surface area contributed by atoms with Gasteiger partial charge in [-0.2, -0.15) is 0 Å². The lowest BCUT2D eigenvalue weighted by Crippen LogP contribution is -1.90. The molecule has 1 aliphatic rings. The summed E-state index contributed by atoms with van der Waals surface area (Å²) < 4.78 is 32.2. The van der Waals surface area contributed by atoms with Gasteiger partial charge in [0.05, 0.1) is 0 Å². The molecule has 2 aromatic rings. The highest BCUT2D eigenvalue weighted by Crippen LogP contribution is 2.36. The lowest BCUT2D eigenvalue weighted by molar-refractivity contribution is 0.267. The van der Waals surface area contributed by atoms with Gasteiger partial charge < -0.3 is 4.74 Å². The Morgan fingerprint density at radius 2 is 1.56 bits per heavy atom. The molecule has 90 valence electrons. The van der Waals surface area contributed by atoms with Crippen LogP contribution in [0.5, 0.6) is 0 Å². The molecule has 0 saturated heterocycles. The molecule has 0 radical (unpaired) electrons. The SMILES string of the molecule is C=C1OCc2ccc(F)cc2-c2cc(F)ccc21. The van der Waals surface area contributed by atoms with E-state index in [0.29, 0.717) is 29.1 Å². The molecule has 3 rings (SSSR count). The van der Waals surface area contributed by atoms with E-state index in [0.717, 1.165) is 5.56 Å². The summed E-state index contributed by atoms with van der Waals surface area (Å²) in [5, 5.41) is 0. The monoisotopic (exact) mass is 244 g/mol. The van der Waals surface area contributed by atoms with E-state index in [1.165, 1.54) is 24.3 Å². The maximum Gasteiger partial charge on any atom is 0.123 e. The molecule has 18 heavy (non-hydrogen) atoms. The Balaban J connectivity index is 2.34. The Kier molecular flexibility index (Phi) is 2.40. The summed E-state index contributed by atoms with van der Waals surface area (Å²) >= 11 is 0. The fraction of sp³-hybridized carbons (Fsp3) is 0.0667. The quantitative estimate of drug-likeness (QED) is 0.677. The first-order valence-electron chi connectivity index (χ1n) is 5.55. The number of hydrogen-bond donors (Lipinski definition) is 0. The second-order valence-corrected chi connectivity index (χ2v) is 4.20. The highest BCUT2D eigenvalue weighted by atomic mass is 19.1. The van der Waals surface area contributed by atoms with Crippen LogP contribution in [0.1, 0.15) is 11.1 Å². The number of hydrogen-bond acceptors (Lipinski definition) is 1. The molecule has 3 heteroatoms. The van der Waals surface area contributed by atoms with Gasteiger partial charge in [-0.05, 0) is 47.0 Å². The Hall–Kier alpha value is -2.16. The van der Waals surface area contributed by atoms with Crippen LogP contribution in [0.15, 0.2) is 43.0 Å². The van der Waals surface area contributed by atoms with Gasteiger partial charge in [-0.25, -0.2) is 8.78 Å². The highest BCUT2D eigenvalue weighted by molar-refractivity contribution is 5.81. The van der Waals surface area contributed by atoms with Crippen LogP contribution >= 0.6 is 0 Å². The van der Waals surface area contributed by atoms with Gasteiger partial charge in [-0.3, -0.25) is 0 Å². The largest absolute Gasteiger partial charge is 0.489 e. The van der Waals surface area contributed by atoms with Crippen molar-refractivity contribution in [2.75, 3.05) is 0 Å². The van der Waals surface area contributed by atoms with Gasteiger partial charge in [-0.15, -0.1) is 0 Å². The summed E-state index contributed by atoms with van der Waals surface area (Å²) in [5.41, 5.74) is 2.79. The third-order valence-corrected chi connectivity index (χ3v) is 3.05. The number of ether oxygens (including phenoxy) is 1. The minimum atomic E-state index is -0.362. The van der Waals surface area contributed by atoms with E-state index in [4.69, 9.17) is 4.74 Å². The average molecular weight is 244 g/mol. The van der Waals surface area contributed by atoms with Gasteiger partial charge in [0.2, 0.25) is 0 Å². The first-order chi connectivity index (χ1) is 8.65. The Labute approximate surface area is 103 Å². The summed E-state index contributed by atoms with van der Waals surface area (Å²) in [7, 11) is 0. The van der Waals surface area contributed by atoms with Gasteiger partial charge in [0.15, 0.2) is 0 Å². The molecular weight excluding hydrogens is 234 g/mol. The van der Waals surface area contributed by atoms with Crippen molar-refractivity contribution < 1.29 is 13.5 Å². The van der Waals surface area contributed by atoms with E-state index >= 15 is 0 Å². The Morgan fingerprint density at radius 3 is 2.33 bits per heavy atom.